The van der Waals surface area contributed by atoms with Gasteiger partial charge in [0.15, 0.2) is 0 Å². The van der Waals surface area contributed by atoms with Gasteiger partial charge in [-0.15, -0.1) is 0 Å². The molecule has 1 aromatic carbocycles. The molecule has 2 N–H and O–H groups in total. The van der Waals surface area contributed by atoms with Crippen molar-refractivity contribution in [3.8, 4) is 5.75 Å². The van der Waals surface area contributed by atoms with Crippen molar-refractivity contribution < 1.29 is 4.74 Å². The van der Waals surface area contributed by atoms with Crippen molar-refractivity contribution in [1.29, 1.82) is 0 Å². The highest BCUT2D eigenvalue weighted by Gasteiger charge is 2.26. The third-order valence-corrected chi connectivity index (χ3v) is 4.60. The molecule has 4 heteroatoms. The summed E-state index contributed by atoms with van der Waals surface area (Å²) in [5.41, 5.74) is 6.56. The van der Waals surface area contributed by atoms with Gasteiger partial charge in [0.1, 0.15) is 5.75 Å². The molecule has 0 atom stereocenters. The maximum atomic E-state index is 5.84. The number of nitrogens with zero attached hydrogens (tertiary/aromatic N) is 1. The first-order chi connectivity index (χ1) is 9.07. The Morgan fingerprint density at radius 2 is 2.16 bits per heavy atom. The van der Waals surface area contributed by atoms with Gasteiger partial charge in [-0.2, -0.15) is 11.8 Å². The summed E-state index contributed by atoms with van der Waals surface area (Å²) in [6, 6.07) is 7.68. The first-order valence-corrected chi connectivity index (χ1v) is 7.89. The van der Waals surface area contributed by atoms with Gasteiger partial charge in [-0.05, 0) is 32.4 Å². The lowest BCUT2D eigenvalue weighted by molar-refractivity contribution is 0.227. The van der Waals surface area contributed by atoms with Crippen molar-refractivity contribution in [2.24, 2.45) is 0 Å². The predicted octanol–water partition coefficient (Wildman–Crippen LogP) is 2.87. The number of nitrogen functional groups attached to an aromatic ring is 1. The van der Waals surface area contributed by atoms with Crippen molar-refractivity contribution in [2.45, 2.75) is 25.0 Å². The second kappa shape index (κ2) is 6.53. The van der Waals surface area contributed by atoms with Crippen LogP contribution in [0.2, 0.25) is 0 Å². The Morgan fingerprint density at radius 3 is 2.89 bits per heavy atom. The summed E-state index contributed by atoms with van der Waals surface area (Å²) in [5.74, 6) is 2.04. The molecule has 0 unspecified atom stereocenters. The summed E-state index contributed by atoms with van der Waals surface area (Å²) >= 11 is 2.07. The van der Waals surface area contributed by atoms with Gasteiger partial charge >= 0.3 is 0 Å². The Morgan fingerprint density at radius 1 is 1.37 bits per heavy atom. The lowest BCUT2D eigenvalue weighted by atomic mass is 10.2. The Kier molecular flexibility index (Phi) is 4.99. The molecule has 1 heterocycles. The van der Waals surface area contributed by atoms with E-state index in [1.54, 1.807) is 0 Å². The van der Waals surface area contributed by atoms with Gasteiger partial charge in [-0.25, -0.2) is 0 Å². The SMILES string of the molecule is CC1(C)CN(CCCOc2ccccc2N)CCS1. The molecule has 0 amide bonds. The average Bonchev–Trinajstić information content (AvgIpc) is 2.35. The van der Waals surface area contributed by atoms with Crippen molar-refractivity contribution in [3.05, 3.63) is 24.3 Å². The highest BCUT2D eigenvalue weighted by Crippen LogP contribution is 2.29. The highest BCUT2D eigenvalue weighted by molar-refractivity contribution is 8.00. The first kappa shape index (κ1) is 14.5. The molecular weight excluding hydrogens is 256 g/mol. The number of nitrogens with two attached hydrogens (primary N) is 1. The summed E-state index contributed by atoms with van der Waals surface area (Å²) in [7, 11) is 0. The van der Waals surface area contributed by atoms with Gasteiger partial charge in [-0.1, -0.05) is 12.1 Å². The maximum absolute atomic E-state index is 5.84. The fourth-order valence-electron chi connectivity index (χ4n) is 2.39. The molecule has 19 heavy (non-hydrogen) atoms. The van der Waals surface area contributed by atoms with Crippen LogP contribution in [0.25, 0.3) is 0 Å². The van der Waals surface area contributed by atoms with Crippen LogP contribution in [-0.2, 0) is 0 Å². The number of para-hydroxylation sites is 2. The standard InChI is InChI=1S/C15H24N2OS/c1-15(2)12-17(9-11-19-15)8-5-10-18-14-7-4-3-6-13(14)16/h3-4,6-7H,5,8-12,16H2,1-2H3. The lowest BCUT2D eigenvalue weighted by Gasteiger charge is -2.37. The molecule has 1 aliphatic rings. The topological polar surface area (TPSA) is 38.5 Å². The molecule has 1 aromatic rings. The third kappa shape index (κ3) is 4.62. The van der Waals surface area contributed by atoms with Gasteiger partial charge in [-0.3, -0.25) is 0 Å². The van der Waals surface area contributed by atoms with Crippen LogP contribution in [0.3, 0.4) is 0 Å². The van der Waals surface area contributed by atoms with E-state index in [9.17, 15) is 0 Å². The van der Waals surface area contributed by atoms with E-state index in [4.69, 9.17) is 10.5 Å². The molecule has 0 bridgehead atoms. The largest absolute Gasteiger partial charge is 0.491 e. The van der Waals surface area contributed by atoms with Crippen molar-refractivity contribution in [1.82, 2.24) is 4.90 Å². The van der Waals surface area contributed by atoms with E-state index < -0.39 is 0 Å². The minimum absolute atomic E-state index is 0.392. The fourth-order valence-corrected chi connectivity index (χ4v) is 3.56. The Bertz CT molecular complexity index is 409. The molecule has 106 valence electrons. The lowest BCUT2D eigenvalue weighted by Crippen LogP contribution is -2.43. The van der Waals surface area contributed by atoms with E-state index in [0.29, 0.717) is 4.75 Å². The molecule has 0 spiro atoms. The number of ether oxygens (including phenoxy) is 1. The van der Waals surface area contributed by atoms with E-state index in [-0.39, 0.29) is 0 Å². The van der Waals surface area contributed by atoms with Crippen molar-refractivity contribution in [2.75, 3.05) is 37.7 Å². The van der Waals surface area contributed by atoms with Gasteiger partial charge in [0.25, 0.3) is 0 Å². The average molecular weight is 280 g/mol. The zero-order valence-electron chi connectivity index (χ0n) is 11.9. The Labute approximate surface area is 120 Å². The van der Waals surface area contributed by atoms with Crippen molar-refractivity contribution in [3.63, 3.8) is 0 Å². The molecule has 0 aromatic heterocycles. The first-order valence-electron chi connectivity index (χ1n) is 6.90. The Hall–Kier alpha value is -0.870. The van der Waals surface area contributed by atoms with E-state index >= 15 is 0 Å². The van der Waals surface area contributed by atoms with E-state index in [0.717, 1.165) is 31.0 Å². The summed E-state index contributed by atoms with van der Waals surface area (Å²) in [4.78, 5) is 2.54. The number of thioether (sulfide) groups is 1. The normalized spacial score (nSPS) is 19.3. The monoisotopic (exact) mass is 280 g/mol. The summed E-state index contributed by atoms with van der Waals surface area (Å²) < 4.78 is 6.11. The summed E-state index contributed by atoms with van der Waals surface area (Å²) in [6.07, 6.45) is 1.05. The van der Waals surface area contributed by atoms with Gasteiger partial charge in [0, 0.05) is 30.1 Å². The quantitative estimate of drug-likeness (QED) is 0.665. The van der Waals surface area contributed by atoms with Crippen LogP contribution in [-0.4, -0.2) is 41.6 Å². The second-order valence-corrected chi connectivity index (χ2v) is 7.43. The van der Waals surface area contributed by atoms with Crippen molar-refractivity contribution >= 4 is 17.4 Å². The minimum Gasteiger partial charge on any atom is -0.491 e. The predicted molar refractivity (Wildman–Crippen MR) is 83.9 cm³/mol. The number of rotatable bonds is 5. The molecule has 0 aliphatic carbocycles. The molecule has 0 radical (unpaired) electrons. The molecule has 0 saturated carbocycles. The zero-order chi connectivity index (χ0) is 13.7. The molecule has 1 aliphatic heterocycles. The number of hydrogen-bond acceptors (Lipinski definition) is 4. The van der Waals surface area contributed by atoms with Crippen LogP contribution in [0.4, 0.5) is 5.69 Å². The number of benzene rings is 1. The van der Waals surface area contributed by atoms with Crippen LogP contribution in [0.5, 0.6) is 5.75 Å². The zero-order valence-corrected chi connectivity index (χ0v) is 12.7. The van der Waals surface area contributed by atoms with E-state index in [2.05, 4.69) is 30.5 Å². The van der Waals surface area contributed by atoms with Crippen LogP contribution < -0.4 is 10.5 Å². The summed E-state index contributed by atoms with van der Waals surface area (Å²) in [5, 5.41) is 0. The highest BCUT2D eigenvalue weighted by atomic mass is 32.2. The van der Waals surface area contributed by atoms with Crippen LogP contribution in [0.1, 0.15) is 20.3 Å². The second-order valence-electron chi connectivity index (χ2n) is 5.62. The smallest absolute Gasteiger partial charge is 0.142 e. The van der Waals surface area contributed by atoms with Crippen LogP contribution >= 0.6 is 11.8 Å². The number of anilines is 1. The number of hydrogen-bond donors (Lipinski definition) is 1. The van der Waals surface area contributed by atoms with Crippen LogP contribution in [0.15, 0.2) is 24.3 Å². The molecule has 1 saturated heterocycles. The molecule has 3 nitrogen and oxygen atoms in total. The molecule has 2 rings (SSSR count). The van der Waals surface area contributed by atoms with E-state index in [1.807, 2.05) is 24.3 Å². The minimum atomic E-state index is 0.392. The maximum Gasteiger partial charge on any atom is 0.142 e. The third-order valence-electron chi connectivity index (χ3n) is 3.30. The van der Waals surface area contributed by atoms with Gasteiger partial charge in [0.05, 0.1) is 12.3 Å². The summed E-state index contributed by atoms with van der Waals surface area (Å²) in [6.45, 7) is 8.86. The fraction of sp³-hybridized carbons (Fsp3) is 0.600. The van der Waals surface area contributed by atoms with E-state index in [1.165, 1.54) is 18.8 Å². The van der Waals surface area contributed by atoms with Gasteiger partial charge < -0.3 is 15.4 Å². The molecule has 1 fully saturated rings. The van der Waals surface area contributed by atoms with Crippen LogP contribution in [0, 0.1) is 0 Å². The molecular formula is C15H24N2OS. The Balaban J connectivity index is 1.68. The van der Waals surface area contributed by atoms with Gasteiger partial charge in [0.2, 0.25) is 0 Å².